The molecule has 0 aromatic rings. The maximum Gasteiger partial charge on any atom is 0.341 e. The van der Waals surface area contributed by atoms with Crippen molar-refractivity contribution in [2.75, 3.05) is 32.7 Å². The van der Waals surface area contributed by atoms with Crippen molar-refractivity contribution in [3.05, 3.63) is 0 Å². The van der Waals surface area contributed by atoms with Crippen LogP contribution in [0.4, 0.5) is 0 Å². The molecule has 1 fully saturated rings. The van der Waals surface area contributed by atoms with Gasteiger partial charge in [-0.1, -0.05) is 38.5 Å². The van der Waals surface area contributed by atoms with Crippen LogP contribution in [-0.4, -0.2) is 44.6 Å². The van der Waals surface area contributed by atoms with E-state index in [-0.39, 0.29) is 0 Å². The first-order valence-corrected chi connectivity index (χ1v) is 12.2. The summed E-state index contributed by atoms with van der Waals surface area (Å²) in [6.07, 6.45) is 18.5. The number of unbranched alkanes of at least 4 members (excludes halogenated alkanes) is 10. The third kappa shape index (κ3) is 19.6. The molecule has 0 saturated heterocycles. The first-order valence-electron chi connectivity index (χ1n) is 12.2. The summed E-state index contributed by atoms with van der Waals surface area (Å²) in [4.78, 5) is 6.24. The van der Waals surface area contributed by atoms with Gasteiger partial charge in [0.15, 0.2) is 0 Å². The second-order valence-corrected chi connectivity index (χ2v) is 8.66. The topological polar surface area (TPSA) is 135 Å². The Hall–Kier alpha value is -1.50. The summed E-state index contributed by atoms with van der Waals surface area (Å²) in [6, 6.07) is 0. The highest BCUT2D eigenvalue weighted by molar-refractivity contribution is 5.71. The SMILES string of the molecule is NC(N)=[NH+]CCCCCCCC[NH2+]CCCCCCCCNC(N)=[NH+]CC1CC1. The van der Waals surface area contributed by atoms with E-state index >= 15 is 0 Å². The van der Waals surface area contributed by atoms with Crippen molar-refractivity contribution >= 4 is 11.9 Å². The summed E-state index contributed by atoms with van der Waals surface area (Å²) >= 11 is 0. The Balaban J connectivity index is 1.67. The lowest BCUT2D eigenvalue weighted by Crippen LogP contribution is -2.84. The van der Waals surface area contributed by atoms with Gasteiger partial charge in [-0.25, -0.2) is 0 Å². The van der Waals surface area contributed by atoms with Crippen LogP contribution < -0.4 is 37.8 Å². The van der Waals surface area contributed by atoms with Gasteiger partial charge >= 0.3 is 11.9 Å². The lowest BCUT2D eigenvalue weighted by Gasteiger charge is -2.03. The molecule has 0 aromatic carbocycles. The molecule has 0 aromatic heterocycles. The van der Waals surface area contributed by atoms with E-state index in [9.17, 15) is 0 Å². The second-order valence-electron chi connectivity index (χ2n) is 8.66. The maximum atomic E-state index is 5.91. The average molecular weight is 413 g/mol. The average Bonchev–Trinajstić information content (AvgIpc) is 3.52. The van der Waals surface area contributed by atoms with Crippen LogP contribution in [0.15, 0.2) is 0 Å². The van der Waals surface area contributed by atoms with Crippen molar-refractivity contribution in [2.45, 2.75) is 89.9 Å². The van der Waals surface area contributed by atoms with Crippen LogP contribution in [0.5, 0.6) is 0 Å². The Labute approximate surface area is 178 Å². The molecule has 11 N–H and O–H groups in total. The fourth-order valence-corrected chi connectivity index (χ4v) is 3.48. The lowest BCUT2D eigenvalue weighted by atomic mass is 10.1. The number of hydrogen-bond donors (Lipinski definition) is 7. The van der Waals surface area contributed by atoms with E-state index in [1.807, 2.05) is 0 Å². The highest BCUT2D eigenvalue weighted by Crippen LogP contribution is 2.26. The van der Waals surface area contributed by atoms with Crippen LogP contribution >= 0.6 is 0 Å². The van der Waals surface area contributed by atoms with Gasteiger partial charge in [-0.05, 0) is 57.3 Å². The Bertz CT molecular complexity index is 429. The smallest absolute Gasteiger partial charge is 0.341 e. The second kappa shape index (κ2) is 18.5. The molecule has 1 aliphatic carbocycles. The minimum Gasteiger partial charge on any atom is -0.346 e. The van der Waals surface area contributed by atoms with E-state index in [4.69, 9.17) is 17.2 Å². The summed E-state index contributed by atoms with van der Waals surface area (Å²) in [5.74, 6) is 1.97. The number of guanidine groups is 2. The van der Waals surface area contributed by atoms with E-state index in [0.29, 0.717) is 5.96 Å². The molecule has 29 heavy (non-hydrogen) atoms. The monoisotopic (exact) mass is 412 g/mol. The third-order valence-corrected chi connectivity index (χ3v) is 5.59. The summed E-state index contributed by atoms with van der Waals surface area (Å²) < 4.78 is 0. The minimum atomic E-state index is 0.338. The largest absolute Gasteiger partial charge is 0.346 e. The first-order chi connectivity index (χ1) is 14.2. The zero-order valence-electron chi connectivity index (χ0n) is 18.8. The van der Waals surface area contributed by atoms with Gasteiger partial charge in [-0.2, -0.15) is 0 Å². The molecule has 7 nitrogen and oxygen atoms in total. The third-order valence-electron chi connectivity index (χ3n) is 5.59. The zero-order chi connectivity index (χ0) is 21.0. The molecule has 7 heteroatoms. The van der Waals surface area contributed by atoms with Crippen molar-refractivity contribution < 1.29 is 15.3 Å². The van der Waals surface area contributed by atoms with Crippen LogP contribution in [0.1, 0.15) is 89.9 Å². The Morgan fingerprint density at radius 1 is 0.724 bits per heavy atom. The fourth-order valence-electron chi connectivity index (χ4n) is 3.48. The maximum absolute atomic E-state index is 5.91. The summed E-state index contributed by atoms with van der Waals surface area (Å²) in [6.45, 7) is 5.52. The van der Waals surface area contributed by atoms with E-state index in [0.717, 1.165) is 37.9 Å². The predicted molar refractivity (Wildman–Crippen MR) is 122 cm³/mol. The van der Waals surface area contributed by atoms with Crippen molar-refractivity contribution in [3.8, 4) is 0 Å². The Morgan fingerprint density at radius 3 is 1.86 bits per heavy atom. The van der Waals surface area contributed by atoms with Crippen LogP contribution in [-0.2, 0) is 0 Å². The summed E-state index contributed by atoms with van der Waals surface area (Å²) in [5, 5.41) is 5.79. The van der Waals surface area contributed by atoms with Crippen LogP contribution in [0.25, 0.3) is 0 Å². The van der Waals surface area contributed by atoms with Crippen molar-refractivity contribution in [3.63, 3.8) is 0 Å². The molecule has 0 bridgehead atoms. The fraction of sp³-hybridized carbons (Fsp3) is 0.909. The molecule has 0 aliphatic heterocycles. The zero-order valence-corrected chi connectivity index (χ0v) is 18.8. The number of hydrogen-bond acceptors (Lipinski definition) is 0. The predicted octanol–water partition coefficient (Wildman–Crippen LogP) is -2.02. The molecular formula is C22H50N7+3. The van der Waals surface area contributed by atoms with Crippen LogP contribution in [0.2, 0.25) is 0 Å². The molecular weight excluding hydrogens is 362 g/mol. The molecule has 1 saturated carbocycles. The first kappa shape index (κ1) is 25.5. The molecule has 0 amide bonds. The number of nitrogens with two attached hydrogens (primary N) is 4. The molecule has 0 atom stereocenters. The van der Waals surface area contributed by atoms with Gasteiger partial charge in [0, 0.05) is 0 Å². The Morgan fingerprint density at radius 2 is 1.28 bits per heavy atom. The highest BCUT2D eigenvalue weighted by atomic mass is 15.1. The van der Waals surface area contributed by atoms with Gasteiger partial charge in [-0.3, -0.25) is 32.5 Å². The van der Waals surface area contributed by atoms with E-state index in [1.165, 1.54) is 96.6 Å². The number of rotatable bonds is 20. The highest BCUT2D eigenvalue weighted by Gasteiger charge is 2.21. The molecule has 1 rings (SSSR count). The van der Waals surface area contributed by atoms with Gasteiger partial charge in [0.05, 0.1) is 32.7 Å². The summed E-state index contributed by atoms with van der Waals surface area (Å²) in [5.41, 5.74) is 16.6. The molecule has 0 radical (unpaired) electrons. The Kier molecular flexibility index (Phi) is 16.3. The van der Waals surface area contributed by atoms with Crippen LogP contribution in [0, 0.1) is 5.92 Å². The molecule has 0 spiro atoms. The van der Waals surface area contributed by atoms with Gasteiger partial charge in [0.25, 0.3) is 0 Å². The van der Waals surface area contributed by atoms with E-state index in [2.05, 4.69) is 20.6 Å². The quantitative estimate of drug-likeness (QED) is 0.0706. The number of quaternary nitrogens is 1. The van der Waals surface area contributed by atoms with E-state index < -0.39 is 0 Å². The standard InChI is InChI=1S/C22H47N7/c23-21(24)27-17-11-7-3-1-5-9-15-26-16-10-6-2-4-8-12-18-28-22(25)29-19-20-13-14-20/h20,26H,1-19H2,(H4,23,24,27)(H3,25,28,29)/p+3. The van der Waals surface area contributed by atoms with Crippen molar-refractivity contribution in [2.24, 2.45) is 23.1 Å². The van der Waals surface area contributed by atoms with Gasteiger partial charge in [-0.15, -0.1) is 0 Å². The summed E-state index contributed by atoms with van der Waals surface area (Å²) in [7, 11) is 0. The van der Waals surface area contributed by atoms with Gasteiger partial charge in [0.2, 0.25) is 0 Å². The van der Waals surface area contributed by atoms with Gasteiger partial charge in [0.1, 0.15) is 0 Å². The van der Waals surface area contributed by atoms with Crippen molar-refractivity contribution in [1.82, 2.24) is 5.32 Å². The molecule has 0 unspecified atom stereocenters. The van der Waals surface area contributed by atoms with Gasteiger partial charge < -0.3 is 5.32 Å². The molecule has 1 aliphatic rings. The van der Waals surface area contributed by atoms with Crippen molar-refractivity contribution in [1.29, 1.82) is 0 Å². The number of nitrogens with one attached hydrogen (secondary N) is 3. The van der Waals surface area contributed by atoms with E-state index in [1.54, 1.807) is 0 Å². The minimum absolute atomic E-state index is 0.338. The molecule has 0 heterocycles. The normalized spacial score (nSPS) is 14.1. The lowest BCUT2D eigenvalue weighted by molar-refractivity contribution is -0.655. The molecule has 170 valence electrons. The van der Waals surface area contributed by atoms with Crippen LogP contribution in [0.3, 0.4) is 0 Å².